The summed E-state index contributed by atoms with van der Waals surface area (Å²) in [5.74, 6) is 1.92. The van der Waals surface area contributed by atoms with Gasteiger partial charge in [-0.3, -0.25) is 9.79 Å². The Balaban J connectivity index is 0.00000312. The van der Waals surface area contributed by atoms with Crippen molar-refractivity contribution in [1.82, 2.24) is 20.4 Å². The number of nitrogens with zero attached hydrogens (tertiary/aromatic N) is 3. The molecule has 0 bridgehead atoms. The Morgan fingerprint density at radius 1 is 1.24 bits per heavy atom. The van der Waals surface area contributed by atoms with Crippen LogP contribution in [0.15, 0.2) is 4.99 Å². The average molecular weight is 465 g/mol. The molecule has 7 heteroatoms. The molecule has 2 saturated heterocycles. The number of guanidine groups is 1. The van der Waals surface area contributed by atoms with E-state index in [-0.39, 0.29) is 24.0 Å². The summed E-state index contributed by atoms with van der Waals surface area (Å²) >= 11 is 0. The van der Waals surface area contributed by atoms with Gasteiger partial charge in [0.05, 0.1) is 0 Å². The minimum atomic E-state index is 0. The van der Waals surface area contributed by atoms with E-state index in [4.69, 9.17) is 4.99 Å². The SMILES string of the molecule is CCCN1CCC(CN=C(NCC)NCCCN2CCCC2=O)C1.I. The Labute approximate surface area is 170 Å². The predicted octanol–water partition coefficient (Wildman–Crippen LogP) is 1.90. The van der Waals surface area contributed by atoms with Crippen molar-refractivity contribution in [2.24, 2.45) is 10.9 Å². The highest BCUT2D eigenvalue weighted by molar-refractivity contribution is 14.0. The largest absolute Gasteiger partial charge is 0.357 e. The Morgan fingerprint density at radius 2 is 2.08 bits per heavy atom. The first-order chi connectivity index (χ1) is 11.7. The van der Waals surface area contributed by atoms with Crippen LogP contribution in [0.1, 0.15) is 46.0 Å². The summed E-state index contributed by atoms with van der Waals surface area (Å²) in [4.78, 5) is 20.9. The molecule has 0 aromatic rings. The zero-order chi connectivity index (χ0) is 17.2. The number of nitrogens with one attached hydrogen (secondary N) is 2. The van der Waals surface area contributed by atoms with E-state index in [0.717, 1.165) is 57.9 Å². The van der Waals surface area contributed by atoms with Gasteiger partial charge in [-0.25, -0.2) is 0 Å². The van der Waals surface area contributed by atoms with E-state index in [1.807, 2.05) is 4.90 Å². The van der Waals surface area contributed by atoms with Crippen molar-refractivity contribution in [3.05, 3.63) is 0 Å². The second kappa shape index (κ2) is 12.7. The van der Waals surface area contributed by atoms with Crippen molar-refractivity contribution in [3.63, 3.8) is 0 Å². The van der Waals surface area contributed by atoms with Gasteiger partial charge in [0, 0.05) is 45.7 Å². The predicted molar refractivity (Wildman–Crippen MR) is 115 cm³/mol. The van der Waals surface area contributed by atoms with E-state index in [2.05, 4.69) is 29.4 Å². The number of amides is 1. The van der Waals surface area contributed by atoms with Crippen LogP contribution in [0.2, 0.25) is 0 Å². The molecule has 1 atom stereocenters. The molecule has 2 fully saturated rings. The summed E-state index contributed by atoms with van der Waals surface area (Å²) < 4.78 is 0. The third kappa shape index (κ3) is 8.11. The molecule has 0 aromatic heterocycles. The summed E-state index contributed by atoms with van der Waals surface area (Å²) in [6.07, 6.45) is 5.23. The fourth-order valence-corrected chi connectivity index (χ4v) is 3.56. The average Bonchev–Trinajstić information content (AvgIpc) is 3.18. The standard InChI is InChI=1S/C18H35N5O.HI/c1-3-10-22-13-8-16(15-22)14-21-18(19-4-2)20-9-6-12-23-11-5-7-17(23)24;/h16H,3-15H2,1-2H3,(H2,19,20,21);1H. The van der Waals surface area contributed by atoms with Crippen molar-refractivity contribution >= 4 is 35.8 Å². The van der Waals surface area contributed by atoms with Crippen molar-refractivity contribution < 1.29 is 4.79 Å². The Morgan fingerprint density at radius 3 is 2.76 bits per heavy atom. The molecular weight excluding hydrogens is 429 g/mol. The van der Waals surface area contributed by atoms with Crippen LogP contribution in [-0.2, 0) is 4.79 Å². The number of halogens is 1. The van der Waals surface area contributed by atoms with E-state index >= 15 is 0 Å². The van der Waals surface area contributed by atoms with Gasteiger partial charge >= 0.3 is 0 Å². The van der Waals surface area contributed by atoms with Gasteiger partial charge in [-0.15, -0.1) is 24.0 Å². The molecule has 2 aliphatic heterocycles. The van der Waals surface area contributed by atoms with Crippen molar-refractivity contribution in [3.8, 4) is 0 Å². The first-order valence-electron chi connectivity index (χ1n) is 9.75. The molecule has 0 saturated carbocycles. The first kappa shape index (κ1) is 22.5. The highest BCUT2D eigenvalue weighted by atomic mass is 127. The first-order valence-corrected chi connectivity index (χ1v) is 9.75. The molecule has 0 spiro atoms. The number of likely N-dealkylation sites (tertiary alicyclic amines) is 2. The summed E-state index contributed by atoms with van der Waals surface area (Å²) in [5.41, 5.74) is 0. The topological polar surface area (TPSA) is 60.0 Å². The molecule has 2 aliphatic rings. The highest BCUT2D eigenvalue weighted by Crippen LogP contribution is 2.16. The van der Waals surface area contributed by atoms with Gasteiger partial charge in [-0.05, 0) is 51.6 Å². The molecular formula is C18H36IN5O. The van der Waals surface area contributed by atoms with Crippen LogP contribution in [0.3, 0.4) is 0 Å². The van der Waals surface area contributed by atoms with Gasteiger partial charge in [-0.1, -0.05) is 6.92 Å². The molecule has 2 N–H and O–H groups in total. The van der Waals surface area contributed by atoms with Gasteiger partial charge < -0.3 is 20.4 Å². The molecule has 0 aromatic carbocycles. The maximum absolute atomic E-state index is 11.6. The Hall–Kier alpha value is -0.570. The van der Waals surface area contributed by atoms with Crippen LogP contribution >= 0.6 is 24.0 Å². The van der Waals surface area contributed by atoms with E-state index in [0.29, 0.717) is 11.8 Å². The number of hydrogen-bond acceptors (Lipinski definition) is 3. The van der Waals surface area contributed by atoms with Gasteiger partial charge in [0.15, 0.2) is 5.96 Å². The third-order valence-electron chi connectivity index (χ3n) is 4.83. The minimum Gasteiger partial charge on any atom is -0.357 e. The lowest BCUT2D eigenvalue weighted by Crippen LogP contribution is -2.39. The van der Waals surface area contributed by atoms with Crippen molar-refractivity contribution in [1.29, 1.82) is 0 Å². The van der Waals surface area contributed by atoms with Crippen LogP contribution in [0.4, 0.5) is 0 Å². The summed E-state index contributed by atoms with van der Waals surface area (Å²) in [7, 11) is 0. The third-order valence-corrected chi connectivity index (χ3v) is 4.83. The summed E-state index contributed by atoms with van der Waals surface area (Å²) in [6.45, 7) is 12.4. The lowest BCUT2D eigenvalue weighted by atomic mass is 10.1. The van der Waals surface area contributed by atoms with Gasteiger partial charge in [0.2, 0.25) is 5.91 Å². The van der Waals surface area contributed by atoms with Crippen molar-refractivity contribution in [2.75, 3.05) is 52.4 Å². The Bertz CT molecular complexity index is 418. The maximum atomic E-state index is 11.6. The maximum Gasteiger partial charge on any atom is 0.222 e. The number of carbonyl (C=O) groups excluding carboxylic acids is 1. The number of aliphatic imine (C=N–C) groups is 1. The summed E-state index contributed by atoms with van der Waals surface area (Å²) in [6, 6.07) is 0. The minimum absolute atomic E-state index is 0. The van der Waals surface area contributed by atoms with Crippen LogP contribution < -0.4 is 10.6 Å². The molecule has 0 radical (unpaired) electrons. The fraction of sp³-hybridized carbons (Fsp3) is 0.889. The molecule has 2 rings (SSSR count). The lowest BCUT2D eigenvalue weighted by Gasteiger charge is -2.17. The second-order valence-corrected chi connectivity index (χ2v) is 6.94. The molecule has 1 amide bonds. The molecule has 0 aliphatic carbocycles. The molecule has 2 heterocycles. The van der Waals surface area contributed by atoms with Crippen molar-refractivity contribution in [2.45, 2.75) is 46.0 Å². The lowest BCUT2D eigenvalue weighted by molar-refractivity contribution is -0.127. The van der Waals surface area contributed by atoms with Crippen LogP contribution in [0.25, 0.3) is 0 Å². The molecule has 6 nitrogen and oxygen atoms in total. The highest BCUT2D eigenvalue weighted by Gasteiger charge is 2.21. The van der Waals surface area contributed by atoms with Gasteiger partial charge in [-0.2, -0.15) is 0 Å². The summed E-state index contributed by atoms with van der Waals surface area (Å²) in [5, 5.41) is 6.73. The van der Waals surface area contributed by atoms with E-state index < -0.39 is 0 Å². The van der Waals surface area contributed by atoms with E-state index in [1.165, 1.54) is 32.5 Å². The van der Waals surface area contributed by atoms with Gasteiger partial charge in [0.25, 0.3) is 0 Å². The number of hydrogen-bond donors (Lipinski definition) is 2. The molecule has 146 valence electrons. The quantitative estimate of drug-likeness (QED) is 0.237. The molecule has 25 heavy (non-hydrogen) atoms. The second-order valence-electron chi connectivity index (χ2n) is 6.94. The zero-order valence-corrected chi connectivity index (χ0v) is 18.3. The van der Waals surface area contributed by atoms with Crippen LogP contribution in [-0.4, -0.2) is 74.0 Å². The number of rotatable bonds is 9. The molecule has 1 unspecified atom stereocenters. The van der Waals surface area contributed by atoms with Gasteiger partial charge in [0.1, 0.15) is 0 Å². The number of carbonyl (C=O) groups is 1. The van der Waals surface area contributed by atoms with Crippen LogP contribution in [0.5, 0.6) is 0 Å². The zero-order valence-electron chi connectivity index (χ0n) is 15.9. The normalized spacial score (nSPS) is 21.5. The van der Waals surface area contributed by atoms with E-state index in [9.17, 15) is 4.79 Å². The monoisotopic (exact) mass is 465 g/mol. The van der Waals surface area contributed by atoms with E-state index in [1.54, 1.807) is 0 Å². The smallest absolute Gasteiger partial charge is 0.222 e. The van der Waals surface area contributed by atoms with Crippen LogP contribution in [0, 0.1) is 5.92 Å². The fourth-order valence-electron chi connectivity index (χ4n) is 3.56. The Kier molecular flexibility index (Phi) is 11.4.